The fraction of sp³-hybridized carbons (Fsp3) is 0.520. The molecule has 4 aliphatic carbocycles. The maximum atomic E-state index is 13.5. The Labute approximate surface area is 175 Å². The van der Waals surface area contributed by atoms with E-state index < -0.39 is 11.2 Å². The number of benzene rings is 1. The molecule has 1 aromatic carbocycles. The van der Waals surface area contributed by atoms with Crippen molar-refractivity contribution in [1.82, 2.24) is 0 Å². The fourth-order valence-electron chi connectivity index (χ4n) is 6.74. The third-order valence-electron chi connectivity index (χ3n) is 8.45. The van der Waals surface area contributed by atoms with Crippen LogP contribution in [0.4, 0.5) is 0 Å². The zero-order valence-electron chi connectivity index (χ0n) is 17.1. The lowest BCUT2D eigenvalue weighted by molar-refractivity contribution is -0.130. The summed E-state index contributed by atoms with van der Waals surface area (Å²) in [6.45, 7) is 4.42. The van der Waals surface area contributed by atoms with Crippen molar-refractivity contribution in [3.05, 3.63) is 54.1 Å². The molecule has 0 heterocycles. The van der Waals surface area contributed by atoms with Gasteiger partial charge in [-0.25, -0.2) is 0 Å². The normalized spacial score (nSPS) is 42.0. The van der Waals surface area contributed by atoms with Gasteiger partial charge in [0, 0.05) is 17.8 Å². The summed E-state index contributed by atoms with van der Waals surface area (Å²) in [5, 5.41) is -0.133. The molecule has 152 valence electrons. The summed E-state index contributed by atoms with van der Waals surface area (Å²) in [6, 6.07) is 9.61. The highest BCUT2D eigenvalue weighted by Crippen LogP contribution is 2.63. The number of hydrogen-bond donors (Lipinski definition) is 0. The highest BCUT2D eigenvalue weighted by atomic mass is 32.2. The first kappa shape index (κ1) is 19.3. The van der Waals surface area contributed by atoms with Crippen LogP contribution in [0.5, 0.6) is 0 Å². The molecule has 4 aliphatic rings. The Morgan fingerprint density at radius 1 is 1.07 bits per heavy atom. The van der Waals surface area contributed by atoms with Crippen molar-refractivity contribution < 1.29 is 14.1 Å². The number of ketones is 2. The number of rotatable bonds is 2. The van der Waals surface area contributed by atoms with E-state index >= 15 is 0 Å². The van der Waals surface area contributed by atoms with Gasteiger partial charge in [0.05, 0.1) is 6.42 Å². The van der Waals surface area contributed by atoms with Crippen molar-refractivity contribution >= 4 is 22.7 Å². The first-order valence-corrected chi connectivity index (χ1v) is 12.0. The van der Waals surface area contributed by atoms with Gasteiger partial charge < -0.3 is 4.55 Å². The van der Waals surface area contributed by atoms with Gasteiger partial charge in [0.2, 0.25) is 0 Å². The van der Waals surface area contributed by atoms with E-state index in [1.165, 1.54) is 0 Å². The second-order valence-corrected chi connectivity index (χ2v) is 11.5. The van der Waals surface area contributed by atoms with Crippen LogP contribution < -0.4 is 0 Å². The summed E-state index contributed by atoms with van der Waals surface area (Å²) in [4.78, 5) is 26.0. The molecule has 4 heteroatoms. The molecule has 0 N–H and O–H groups in total. The van der Waals surface area contributed by atoms with Crippen LogP contribution in [0.1, 0.15) is 46.0 Å². The smallest absolute Gasteiger partial charge is 0.156 e. The van der Waals surface area contributed by atoms with Gasteiger partial charge in [0.15, 0.2) is 10.7 Å². The monoisotopic (exact) mass is 408 g/mol. The molecule has 0 aliphatic heterocycles. The van der Waals surface area contributed by atoms with Gasteiger partial charge in [-0.05, 0) is 71.5 Å². The number of allylic oxidation sites excluding steroid dienone is 4. The summed E-state index contributed by atoms with van der Waals surface area (Å²) in [6.07, 6.45) is 9.98. The summed E-state index contributed by atoms with van der Waals surface area (Å²) in [5.41, 5.74) is 0.755. The minimum absolute atomic E-state index is 0.0148. The predicted octanol–water partition coefficient (Wildman–Crippen LogP) is 4.65. The van der Waals surface area contributed by atoms with E-state index in [1.807, 2.05) is 36.4 Å². The molecule has 0 amide bonds. The Kier molecular flexibility index (Phi) is 4.45. The van der Waals surface area contributed by atoms with Crippen LogP contribution >= 0.6 is 0 Å². The Bertz CT molecular complexity index is 919. The van der Waals surface area contributed by atoms with Crippen LogP contribution in [-0.4, -0.2) is 21.4 Å². The first-order valence-electron chi connectivity index (χ1n) is 10.8. The number of carbonyl (C=O) groups is 2. The van der Waals surface area contributed by atoms with Crippen molar-refractivity contribution in [2.75, 3.05) is 0 Å². The third-order valence-corrected chi connectivity index (χ3v) is 10.2. The lowest BCUT2D eigenvalue weighted by Gasteiger charge is -2.54. The van der Waals surface area contributed by atoms with Crippen LogP contribution in [-0.2, 0) is 20.8 Å². The number of Topliss-reactive ketones (excluding diaryl/α,β-unsaturated/α-hetero) is 1. The first-order chi connectivity index (χ1) is 13.8. The minimum Gasteiger partial charge on any atom is -0.611 e. The van der Waals surface area contributed by atoms with Crippen molar-refractivity contribution in [1.29, 1.82) is 0 Å². The molecule has 2 saturated carbocycles. The molecule has 0 aromatic heterocycles. The van der Waals surface area contributed by atoms with Crippen molar-refractivity contribution in [2.24, 2.45) is 28.6 Å². The Balaban J connectivity index is 1.56. The Hall–Kier alpha value is -1.65. The number of fused-ring (bicyclic) bond motifs is 5. The predicted molar refractivity (Wildman–Crippen MR) is 114 cm³/mol. The molecule has 0 radical (unpaired) electrons. The van der Waals surface area contributed by atoms with E-state index in [9.17, 15) is 14.1 Å². The van der Waals surface area contributed by atoms with Crippen molar-refractivity contribution in [3.63, 3.8) is 0 Å². The highest BCUT2D eigenvalue weighted by molar-refractivity contribution is 7.92. The minimum atomic E-state index is -1.19. The lowest BCUT2D eigenvalue weighted by Crippen LogP contribution is -2.51. The topological polar surface area (TPSA) is 57.2 Å². The van der Waals surface area contributed by atoms with Gasteiger partial charge >= 0.3 is 0 Å². The molecule has 0 saturated heterocycles. The van der Waals surface area contributed by atoms with E-state index in [2.05, 4.69) is 26.0 Å². The molecular weight excluding hydrogens is 380 g/mol. The molecule has 7 atom stereocenters. The summed E-state index contributed by atoms with van der Waals surface area (Å²) in [5.74, 6) is 1.26. The fourth-order valence-corrected chi connectivity index (χ4v) is 8.57. The van der Waals surface area contributed by atoms with Gasteiger partial charge in [-0.2, -0.15) is 0 Å². The standard InChI is InChI=1S/C25H28O3S/c1-24-12-10-17(26)14-16(24)8-9-19-20(24)11-13-25(2)22(27)15-21(23(19)25)29(28)18-6-4-3-5-7-18/h3-9,14,19-21,23H,10-13,15H2,1-2H3/t19-,20-,21?,23-,24+,25-,29?/m1/s1. The van der Waals surface area contributed by atoms with E-state index in [0.717, 1.165) is 29.7 Å². The maximum absolute atomic E-state index is 13.5. The van der Waals surface area contributed by atoms with E-state index in [4.69, 9.17) is 0 Å². The molecule has 5 rings (SSSR count). The van der Waals surface area contributed by atoms with Gasteiger partial charge in [-0.15, -0.1) is 0 Å². The largest absolute Gasteiger partial charge is 0.611 e. The molecule has 0 bridgehead atoms. The van der Waals surface area contributed by atoms with Crippen molar-refractivity contribution in [2.45, 2.75) is 56.1 Å². The van der Waals surface area contributed by atoms with Crippen LogP contribution in [0.3, 0.4) is 0 Å². The van der Waals surface area contributed by atoms with Crippen LogP contribution in [0.2, 0.25) is 0 Å². The summed E-state index contributed by atoms with van der Waals surface area (Å²) in [7, 11) is 0. The van der Waals surface area contributed by atoms with Gasteiger partial charge in [0.1, 0.15) is 11.0 Å². The maximum Gasteiger partial charge on any atom is 0.156 e. The SMILES string of the molecule is C[C@]12CCC(=O)C=C1C=C[C@@H]1[C@H]2CC[C@]2(C)C(=O)CC([S+]([O-])c3ccccc3)[C@@H]12. The summed E-state index contributed by atoms with van der Waals surface area (Å²) < 4.78 is 13.5. The van der Waals surface area contributed by atoms with E-state index in [-0.39, 0.29) is 39.5 Å². The van der Waals surface area contributed by atoms with Crippen LogP contribution in [0.25, 0.3) is 0 Å². The van der Waals surface area contributed by atoms with E-state index in [1.54, 1.807) is 0 Å². The third kappa shape index (κ3) is 2.75. The quantitative estimate of drug-likeness (QED) is 0.669. The molecule has 2 fully saturated rings. The van der Waals surface area contributed by atoms with Crippen LogP contribution in [0, 0.1) is 28.6 Å². The zero-order chi connectivity index (χ0) is 20.4. The molecular formula is C25H28O3S. The average Bonchev–Trinajstić information content (AvgIpc) is 2.99. The Morgan fingerprint density at radius 3 is 2.59 bits per heavy atom. The zero-order valence-corrected chi connectivity index (χ0v) is 17.9. The van der Waals surface area contributed by atoms with Gasteiger partial charge in [-0.1, -0.05) is 44.2 Å². The highest BCUT2D eigenvalue weighted by Gasteiger charge is 2.64. The van der Waals surface area contributed by atoms with Gasteiger partial charge in [-0.3, -0.25) is 9.59 Å². The molecule has 1 aromatic rings. The van der Waals surface area contributed by atoms with E-state index in [0.29, 0.717) is 18.8 Å². The second-order valence-electron chi connectivity index (χ2n) is 9.78. The van der Waals surface area contributed by atoms with Crippen molar-refractivity contribution in [3.8, 4) is 0 Å². The lowest BCUT2D eigenvalue weighted by atomic mass is 9.49. The molecule has 2 unspecified atom stereocenters. The summed E-state index contributed by atoms with van der Waals surface area (Å²) >= 11 is -1.19. The molecule has 0 spiro atoms. The average molecular weight is 409 g/mol. The Morgan fingerprint density at radius 2 is 1.83 bits per heavy atom. The number of hydrogen-bond acceptors (Lipinski definition) is 3. The number of carbonyl (C=O) groups excluding carboxylic acids is 2. The van der Waals surface area contributed by atoms with Gasteiger partial charge in [0.25, 0.3) is 0 Å². The molecule has 3 nitrogen and oxygen atoms in total. The molecule has 29 heavy (non-hydrogen) atoms. The second kappa shape index (κ2) is 6.68. The van der Waals surface area contributed by atoms with Crippen LogP contribution in [0.15, 0.2) is 59.0 Å².